The third kappa shape index (κ3) is 1.55. The molecule has 0 saturated heterocycles. The Morgan fingerprint density at radius 2 is 2.14 bits per heavy atom. The molecule has 1 heterocycles. The van der Waals surface area contributed by atoms with E-state index in [0.717, 1.165) is 17.5 Å². The van der Waals surface area contributed by atoms with Gasteiger partial charge in [0.2, 0.25) is 0 Å². The van der Waals surface area contributed by atoms with Crippen LogP contribution in [0.2, 0.25) is 0 Å². The van der Waals surface area contributed by atoms with Gasteiger partial charge in [-0.15, -0.1) is 0 Å². The van der Waals surface area contributed by atoms with Crippen LogP contribution in [0.5, 0.6) is 0 Å². The summed E-state index contributed by atoms with van der Waals surface area (Å²) in [5, 5.41) is 0. The highest BCUT2D eigenvalue weighted by Gasteiger charge is 2.25. The Morgan fingerprint density at radius 1 is 1.36 bits per heavy atom. The molecule has 2 N–H and O–H groups in total. The molecule has 0 aromatic heterocycles. The lowest BCUT2D eigenvalue weighted by atomic mass is 10.1. The van der Waals surface area contributed by atoms with E-state index < -0.39 is 9.84 Å². The largest absolute Gasteiger partial charge is 0.330 e. The second-order valence-corrected chi connectivity index (χ2v) is 5.63. The summed E-state index contributed by atoms with van der Waals surface area (Å²) in [5.74, 6) is 0.258. The van der Waals surface area contributed by atoms with Crippen molar-refractivity contribution >= 4 is 9.84 Å². The number of rotatable bonds is 2. The number of hydrogen-bond donors (Lipinski definition) is 1. The van der Waals surface area contributed by atoms with Gasteiger partial charge in [-0.1, -0.05) is 12.1 Å². The van der Waals surface area contributed by atoms with Crippen molar-refractivity contribution in [2.75, 3.05) is 12.3 Å². The molecule has 76 valence electrons. The molecule has 0 amide bonds. The van der Waals surface area contributed by atoms with E-state index in [1.165, 1.54) is 0 Å². The minimum atomic E-state index is -2.99. The summed E-state index contributed by atoms with van der Waals surface area (Å²) in [6.45, 7) is 0.554. The summed E-state index contributed by atoms with van der Waals surface area (Å²) >= 11 is 0. The van der Waals surface area contributed by atoms with Gasteiger partial charge < -0.3 is 5.73 Å². The zero-order valence-electron chi connectivity index (χ0n) is 7.86. The highest BCUT2D eigenvalue weighted by Crippen LogP contribution is 2.26. The van der Waals surface area contributed by atoms with Crippen LogP contribution in [0.4, 0.5) is 0 Å². The summed E-state index contributed by atoms with van der Waals surface area (Å²) in [4.78, 5) is 0.517. The quantitative estimate of drug-likeness (QED) is 0.775. The van der Waals surface area contributed by atoms with Crippen molar-refractivity contribution in [3.05, 3.63) is 29.3 Å². The fourth-order valence-corrected chi connectivity index (χ4v) is 3.38. The van der Waals surface area contributed by atoms with E-state index in [4.69, 9.17) is 5.73 Å². The zero-order chi connectivity index (χ0) is 10.2. The van der Waals surface area contributed by atoms with Crippen LogP contribution >= 0.6 is 0 Å². The normalized spacial score (nSPS) is 18.1. The van der Waals surface area contributed by atoms with E-state index in [0.29, 0.717) is 17.9 Å². The monoisotopic (exact) mass is 211 g/mol. The van der Waals surface area contributed by atoms with E-state index in [2.05, 4.69) is 0 Å². The van der Waals surface area contributed by atoms with Crippen LogP contribution in [0.3, 0.4) is 0 Å². The molecule has 2 rings (SSSR count). The molecule has 3 nitrogen and oxygen atoms in total. The van der Waals surface area contributed by atoms with Crippen LogP contribution in [-0.2, 0) is 22.7 Å². The molecule has 14 heavy (non-hydrogen) atoms. The first-order valence-electron chi connectivity index (χ1n) is 4.68. The molecule has 0 saturated carbocycles. The number of aryl methyl sites for hydroxylation is 1. The van der Waals surface area contributed by atoms with Crippen molar-refractivity contribution in [3.8, 4) is 0 Å². The van der Waals surface area contributed by atoms with Crippen molar-refractivity contribution in [1.29, 1.82) is 0 Å². The summed E-state index contributed by atoms with van der Waals surface area (Å²) in [6.07, 6.45) is 1.39. The summed E-state index contributed by atoms with van der Waals surface area (Å²) in [7, 11) is -2.99. The van der Waals surface area contributed by atoms with Crippen LogP contribution in [0.25, 0.3) is 0 Å². The maximum absolute atomic E-state index is 11.6. The molecule has 1 aromatic carbocycles. The molecule has 1 aromatic rings. The highest BCUT2D eigenvalue weighted by molar-refractivity contribution is 7.91. The third-order valence-corrected chi connectivity index (χ3v) is 4.33. The SMILES string of the molecule is NCCc1ccc2c(c1)S(=O)(=O)CC2. The van der Waals surface area contributed by atoms with Gasteiger partial charge in [-0.3, -0.25) is 0 Å². The Labute approximate surface area is 83.9 Å². The van der Waals surface area contributed by atoms with Gasteiger partial charge in [0.1, 0.15) is 0 Å². The average molecular weight is 211 g/mol. The first kappa shape index (κ1) is 9.68. The minimum absolute atomic E-state index is 0.258. The molecule has 0 unspecified atom stereocenters. The molecule has 0 fully saturated rings. The maximum Gasteiger partial charge on any atom is 0.178 e. The average Bonchev–Trinajstić information content (AvgIpc) is 2.44. The second-order valence-electron chi connectivity index (χ2n) is 3.55. The topological polar surface area (TPSA) is 60.2 Å². The number of nitrogens with two attached hydrogens (primary N) is 1. The van der Waals surface area contributed by atoms with E-state index in [9.17, 15) is 8.42 Å². The molecule has 0 radical (unpaired) electrons. The standard InChI is InChI=1S/C10H13NO2S/c11-5-3-8-1-2-9-4-6-14(12,13)10(9)7-8/h1-2,7H,3-6,11H2. The van der Waals surface area contributed by atoms with Crippen molar-refractivity contribution in [1.82, 2.24) is 0 Å². The Morgan fingerprint density at radius 3 is 2.86 bits per heavy atom. The number of fused-ring (bicyclic) bond motifs is 1. The molecule has 4 heteroatoms. The van der Waals surface area contributed by atoms with Crippen LogP contribution in [0.15, 0.2) is 23.1 Å². The highest BCUT2D eigenvalue weighted by atomic mass is 32.2. The summed E-state index contributed by atoms with van der Waals surface area (Å²) in [6, 6.07) is 5.64. The Kier molecular flexibility index (Phi) is 2.33. The lowest BCUT2D eigenvalue weighted by Gasteiger charge is -2.02. The van der Waals surface area contributed by atoms with E-state index in [1.54, 1.807) is 6.07 Å². The fourth-order valence-electron chi connectivity index (χ4n) is 1.77. The molecule has 0 aliphatic carbocycles. The first-order chi connectivity index (χ1) is 6.63. The number of benzene rings is 1. The molecule has 1 aliphatic heterocycles. The van der Waals surface area contributed by atoms with Gasteiger partial charge in [0, 0.05) is 0 Å². The lowest BCUT2D eigenvalue weighted by Crippen LogP contribution is -2.04. The van der Waals surface area contributed by atoms with Gasteiger partial charge >= 0.3 is 0 Å². The molecule has 0 spiro atoms. The van der Waals surface area contributed by atoms with Gasteiger partial charge in [-0.2, -0.15) is 0 Å². The molecule has 0 bridgehead atoms. The smallest absolute Gasteiger partial charge is 0.178 e. The zero-order valence-corrected chi connectivity index (χ0v) is 8.68. The fraction of sp³-hybridized carbons (Fsp3) is 0.400. The van der Waals surface area contributed by atoms with Gasteiger partial charge in [0.25, 0.3) is 0 Å². The first-order valence-corrected chi connectivity index (χ1v) is 6.33. The van der Waals surface area contributed by atoms with Crippen LogP contribution in [0, 0.1) is 0 Å². The second kappa shape index (κ2) is 3.37. The van der Waals surface area contributed by atoms with Gasteiger partial charge in [-0.05, 0) is 36.6 Å². The van der Waals surface area contributed by atoms with Gasteiger partial charge in [0.15, 0.2) is 9.84 Å². The van der Waals surface area contributed by atoms with E-state index in [-0.39, 0.29) is 5.75 Å². The number of sulfone groups is 1. The van der Waals surface area contributed by atoms with Crippen LogP contribution in [0.1, 0.15) is 11.1 Å². The molecular weight excluding hydrogens is 198 g/mol. The van der Waals surface area contributed by atoms with Crippen molar-refractivity contribution in [2.45, 2.75) is 17.7 Å². The van der Waals surface area contributed by atoms with Gasteiger partial charge in [0.05, 0.1) is 10.6 Å². The summed E-state index contributed by atoms with van der Waals surface area (Å²) in [5.41, 5.74) is 7.38. The van der Waals surface area contributed by atoms with Gasteiger partial charge in [-0.25, -0.2) is 8.42 Å². The number of hydrogen-bond acceptors (Lipinski definition) is 3. The van der Waals surface area contributed by atoms with Crippen LogP contribution < -0.4 is 5.73 Å². The molecule has 0 atom stereocenters. The molecular formula is C10H13NO2S. The van der Waals surface area contributed by atoms with E-state index in [1.807, 2.05) is 12.1 Å². The predicted molar refractivity (Wildman–Crippen MR) is 55.0 cm³/mol. The van der Waals surface area contributed by atoms with Crippen molar-refractivity contribution < 1.29 is 8.42 Å². The van der Waals surface area contributed by atoms with Crippen molar-refractivity contribution in [3.63, 3.8) is 0 Å². The van der Waals surface area contributed by atoms with E-state index >= 15 is 0 Å². The van der Waals surface area contributed by atoms with Crippen LogP contribution in [-0.4, -0.2) is 20.7 Å². The lowest BCUT2D eigenvalue weighted by molar-refractivity contribution is 0.600. The maximum atomic E-state index is 11.6. The Balaban J connectivity index is 2.48. The van der Waals surface area contributed by atoms with Crippen molar-refractivity contribution in [2.24, 2.45) is 5.73 Å². The Hall–Kier alpha value is -0.870. The predicted octanol–water partition coefficient (Wildman–Crippen LogP) is 0.518. The minimum Gasteiger partial charge on any atom is -0.330 e. The third-order valence-electron chi connectivity index (χ3n) is 2.54. The Bertz CT molecular complexity index is 451. The molecule has 1 aliphatic rings. The summed E-state index contributed by atoms with van der Waals surface area (Å²) < 4.78 is 23.2.